The molecule has 2 heterocycles. The Hall–Kier alpha value is -3.32. The standard InChI is InChI=1S/C21H18N4O2S/c1-13-5-10-17-18(12-13)28-21(24-17)15-6-8-16(9-7-15)23-20(27)14(2)25-19(26)4-3-11-22-25/h3-12,14H,1-2H3,(H,23,27)/t14-/m0/s1. The summed E-state index contributed by atoms with van der Waals surface area (Å²) in [5, 5.41) is 7.72. The molecule has 2 aromatic heterocycles. The lowest BCUT2D eigenvalue weighted by molar-refractivity contribution is -0.119. The minimum absolute atomic E-state index is 0.302. The van der Waals surface area contributed by atoms with Crippen molar-refractivity contribution < 1.29 is 4.79 Å². The number of amides is 1. The summed E-state index contributed by atoms with van der Waals surface area (Å²) < 4.78 is 2.31. The van der Waals surface area contributed by atoms with Gasteiger partial charge in [-0.05, 0) is 61.9 Å². The van der Waals surface area contributed by atoms with Crippen LogP contribution >= 0.6 is 11.3 Å². The molecule has 1 amide bonds. The van der Waals surface area contributed by atoms with E-state index in [9.17, 15) is 9.59 Å². The normalized spacial score (nSPS) is 12.1. The van der Waals surface area contributed by atoms with Crippen molar-refractivity contribution in [3.63, 3.8) is 0 Å². The van der Waals surface area contributed by atoms with Gasteiger partial charge in [0.1, 0.15) is 11.0 Å². The highest BCUT2D eigenvalue weighted by molar-refractivity contribution is 7.21. The maximum absolute atomic E-state index is 12.4. The summed E-state index contributed by atoms with van der Waals surface area (Å²) in [6.07, 6.45) is 1.49. The quantitative estimate of drug-likeness (QED) is 0.571. The molecule has 0 saturated carbocycles. The number of fused-ring (bicyclic) bond motifs is 1. The van der Waals surface area contributed by atoms with Crippen LogP contribution in [0.5, 0.6) is 0 Å². The zero-order valence-electron chi connectivity index (χ0n) is 15.4. The van der Waals surface area contributed by atoms with Crippen LogP contribution in [-0.2, 0) is 4.79 Å². The molecule has 28 heavy (non-hydrogen) atoms. The molecular weight excluding hydrogens is 372 g/mol. The molecule has 4 aromatic rings. The van der Waals surface area contributed by atoms with Gasteiger partial charge in [-0.1, -0.05) is 6.07 Å². The van der Waals surface area contributed by atoms with Crippen LogP contribution in [0.4, 0.5) is 5.69 Å². The highest BCUT2D eigenvalue weighted by Crippen LogP contribution is 2.31. The Morgan fingerprint density at radius 3 is 2.68 bits per heavy atom. The number of benzene rings is 2. The molecule has 0 fully saturated rings. The topological polar surface area (TPSA) is 76.9 Å². The molecule has 1 atom stereocenters. The van der Waals surface area contributed by atoms with Crippen LogP contribution in [0.15, 0.2) is 65.6 Å². The maximum Gasteiger partial charge on any atom is 0.267 e. The lowest BCUT2D eigenvalue weighted by Gasteiger charge is -2.13. The van der Waals surface area contributed by atoms with Gasteiger partial charge >= 0.3 is 0 Å². The number of thiazole rings is 1. The van der Waals surface area contributed by atoms with Crippen LogP contribution in [0.25, 0.3) is 20.8 Å². The van der Waals surface area contributed by atoms with Gasteiger partial charge in [0, 0.05) is 23.5 Å². The molecule has 0 aliphatic heterocycles. The van der Waals surface area contributed by atoms with Crippen LogP contribution in [0.2, 0.25) is 0 Å². The first-order valence-electron chi connectivity index (χ1n) is 8.83. The molecule has 0 spiro atoms. The second kappa shape index (κ2) is 7.36. The number of carbonyl (C=O) groups is 1. The van der Waals surface area contributed by atoms with Crippen molar-refractivity contribution in [1.29, 1.82) is 0 Å². The fourth-order valence-electron chi connectivity index (χ4n) is 2.87. The number of aromatic nitrogens is 3. The van der Waals surface area contributed by atoms with E-state index in [0.29, 0.717) is 5.69 Å². The largest absolute Gasteiger partial charge is 0.324 e. The fourth-order valence-corrected chi connectivity index (χ4v) is 3.94. The summed E-state index contributed by atoms with van der Waals surface area (Å²) in [6, 6.07) is 16.0. The van der Waals surface area contributed by atoms with Gasteiger partial charge in [0.2, 0.25) is 5.91 Å². The Bertz CT molecular complexity index is 1210. The first kappa shape index (κ1) is 18.1. The molecule has 1 N–H and O–H groups in total. The van der Waals surface area contributed by atoms with E-state index in [1.54, 1.807) is 24.3 Å². The molecule has 0 aliphatic carbocycles. The van der Waals surface area contributed by atoms with E-state index in [0.717, 1.165) is 25.5 Å². The average molecular weight is 390 g/mol. The SMILES string of the molecule is Cc1ccc2nc(-c3ccc(NC(=O)[C@H](C)n4ncccc4=O)cc3)sc2c1. The summed E-state index contributed by atoms with van der Waals surface area (Å²) in [5.41, 5.74) is 3.53. The number of anilines is 1. The summed E-state index contributed by atoms with van der Waals surface area (Å²) in [6.45, 7) is 3.71. The zero-order chi connectivity index (χ0) is 19.7. The monoisotopic (exact) mass is 390 g/mol. The third-order valence-corrected chi connectivity index (χ3v) is 5.50. The van der Waals surface area contributed by atoms with Crippen molar-refractivity contribution in [3.8, 4) is 10.6 Å². The van der Waals surface area contributed by atoms with E-state index in [1.165, 1.54) is 17.8 Å². The van der Waals surface area contributed by atoms with Crippen LogP contribution in [0.1, 0.15) is 18.5 Å². The van der Waals surface area contributed by atoms with Crippen LogP contribution in [0, 0.1) is 6.92 Å². The number of aryl methyl sites for hydroxylation is 1. The molecule has 0 radical (unpaired) electrons. The first-order chi connectivity index (χ1) is 13.5. The van der Waals surface area contributed by atoms with E-state index in [-0.39, 0.29) is 11.5 Å². The molecule has 140 valence electrons. The van der Waals surface area contributed by atoms with Crippen LogP contribution in [-0.4, -0.2) is 20.7 Å². The van der Waals surface area contributed by atoms with Crippen molar-refractivity contribution in [2.45, 2.75) is 19.9 Å². The second-order valence-corrected chi connectivity index (χ2v) is 7.57. The number of rotatable bonds is 4. The average Bonchev–Trinajstić information content (AvgIpc) is 3.11. The summed E-state index contributed by atoms with van der Waals surface area (Å²) in [4.78, 5) is 29.0. The molecule has 0 aliphatic rings. The molecule has 0 bridgehead atoms. The predicted molar refractivity (Wildman–Crippen MR) is 112 cm³/mol. The maximum atomic E-state index is 12.4. The van der Waals surface area contributed by atoms with Crippen molar-refractivity contribution in [1.82, 2.24) is 14.8 Å². The minimum atomic E-state index is -0.708. The fraction of sp³-hybridized carbons (Fsp3) is 0.143. The lowest BCUT2D eigenvalue weighted by Crippen LogP contribution is -2.32. The highest BCUT2D eigenvalue weighted by Gasteiger charge is 2.17. The van der Waals surface area contributed by atoms with Gasteiger partial charge in [-0.3, -0.25) is 9.59 Å². The van der Waals surface area contributed by atoms with E-state index in [1.807, 2.05) is 30.3 Å². The Morgan fingerprint density at radius 1 is 1.14 bits per heavy atom. The van der Waals surface area contributed by atoms with E-state index >= 15 is 0 Å². The third-order valence-electron chi connectivity index (χ3n) is 4.43. The first-order valence-corrected chi connectivity index (χ1v) is 9.65. The van der Waals surface area contributed by atoms with Gasteiger partial charge < -0.3 is 5.32 Å². The van der Waals surface area contributed by atoms with Gasteiger partial charge in [-0.2, -0.15) is 5.10 Å². The Morgan fingerprint density at radius 2 is 1.93 bits per heavy atom. The molecule has 4 rings (SSSR count). The van der Waals surface area contributed by atoms with E-state index in [2.05, 4.69) is 34.5 Å². The van der Waals surface area contributed by atoms with Crippen molar-refractivity contribution in [2.75, 3.05) is 5.32 Å². The summed E-state index contributed by atoms with van der Waals surface area (Å²) in [7, 11) is 0. The number of nitrogens with one attached hydrogen (secondary N) is 1. The highest BCUT2D eigenvalue weighted by atomic mass is 32.1. The van der Waals surface area contributed by atoms with Gasteiger partial charge in [0.25, 0.3) is 5.56 Å². The Kier molecular flexibility index (Phi) is 4.75. The molecule has 2 aromatic carbocycles. The van der Waals surface area contributed by atoms with E-state index in [4.69, 9.17) is 0 Å². The van der Waals surface area contributed by atoms with Gasteiger partial charge in [0.05, 0.1) is 10.2 Å². The van der Waals surface area contributed by atoms with Crippen molar-refractivity contribution in [2.24, 2.45) is 0 Å². The smallest absolute Gasteiger partial charge is 0.267 e. The van der Waals surface area contributed by atoms with Crippen molar-refractivity contribution in [3.05, 3.63) is 76.7 Å². The number of hydrogen-bond donors (Lipinski definition) is 1. The van der Waals surface area contributed by atoms with Gasteiger partial charge in [0.15, 0.2) is 0 Å². The van der Waals surface area contributed by atoms with Crippen LogP contribution < -0.4 is 10.9 Å². The molecular formula is C21H18N4O2S. The zero-order valence-corrected chi connectivity index (χ0v) is 16.2. The number of nitrogens with zero attached hydrogens (tertiary/aromatic N) is 3. The molecule has 6 nitrogen and oxygen atoms in total. The molecule has 0 unspecified atom stereocenters. The Labute approximate surface area is 165 Å². The second-order valence-electron chi connectivity index (χ2n) is 6.54. The number of carbonyl (C=O) groups excluding carboxylic acids is 1. The molecule has 0 saturated heterocycles. The van der Waals surface area contributed by atoms with E-state index < -0.39 is 6.04 Å². The third kappa shape index (κ3) is 3.57. The summed E-state index contributed by atoms with van der Waals surface area (Å²) in [5.74, 6) is -0.302. The Balaban J connectivity index is 1.52. The number of hydrogen-bond acceptors (Lipinski definition) is 5. The molecule has 7 heteroatoms. The lowest BCUT2D eigenvalue weighted by atomic mass is 10.2. The minimum Gasteiger partial charge on any atom is -0.324 e. The van der Waals surface area contributed by atoms with Gasteiger partial charge in [-0.25, -0.2) is 9.67 Å². The van der Waals surface area contributed by atoms with Crippen LogP contribution in [0.3, 0.4) is 0 Å². The van der Waals surface area contributed by atoms with Gasteiger partial charge in [-0.15, -0.1) is 11.3 Å². The summed E-state index contributed by atoms with van der Waals surface area (Å²) >= 11 is 1.64. The van der Waals surface area contributed by atoms with Crippen molar-refractivity contribution >= 4 is 33.1 Å². The predicted octanol–water partition coefficient (Wildman–Crippen LogP) is 4.03.